The number of ether oxygens (including phenoxy) is 1. The number of aromatic nitrogens is 1. The van der Waals surface area contributed by atoms with Gasteiger partial charge in [-0.2, -0.15) is 13.2 Å². The van der Waals surface area contributed by atoms with Crippen molar-refractivity contribution in [3.05, 3.63) is 27.8 Å². The van der Waals surface area contributed by atoms with Crippen LogP contribution in [0.1, 0.15) is 28.9 Å². The molecule has 1 amide bonds. The maximum Gasteiger partial charge on any atom is 0.490 e. The van der Waals surface area contributed by atoms with Gasteiger partial charge >= 0.3 is 18.1 Å². The molecule has 32 heavy (non-hydrogen) atoms. The first-order chi connectivity index (χ1) is 15.0. The van der Waals surface area contributed by atoms with Gasteiger partial charge < -0.3 is 20.5 Å². The van der Waals surface area contributed by atoms with E-state index in [1.54, 1.807) is 12.4 Å². The number of hydrogen-bond acceptors (Lipinski definition) is 7. The van der Waals surface area contributed by atoms with Gasteiger partial charge in [0.05, 0.1) is 26.0 Å². The minimum absolute atomic E-state index is 0.106. The molecule has 0 saturated carbocycles. The van der Waals surface area contributed by atoms with Crippen LogP contribution < -0.4 is 10.6 Å². The second kappa shape index (κ2) is 9.71. The van der Waals surface area contributed by atoms with Crippen LogP contribution in [0.5, 0.6) is 0 Å². The molecule has 1 spiro atoms. The van der Waals surface area contributed by atoms with Gasteiger partial charge in [0.1, 0.15) is 6.10 Å². The molecule has 2 fully saturated rings. The third-order valence-electron chi connectivity index (χ3n) is 5.22. The summed E-state index contributed by atoms with van der Waals surface area (Å²) in [6, 6.07) is 1.84. The Kier molecular flexibility index (Phi) is 7.40. The number of alkyl halides is 3. The molecule has 4 rings (SSSR count). The Morgan fingerprint density at radius 2 is 2.00 bits per heavy atom. The van der Waals surface area contributed by atoms with Crippen molar-refractivity contribution < 1.29 is 37.4 Å². The fourth-order valence-electron chi connectivity index (χ4n) is 3.60. The molecule has 0 aromatic carbocycles. The molecule has 4 heterocycles. The minimum Gasteiger partial charge on any atom is -0.475 e. The average molecular weight is 538 g/mol. The van der Waals surface area contributed by atoms with Crippen LogP contribution in [0.3, 0.4) is 0 Å². The summed E-state index contributed by atoms with van der Waals surface area (Å²) in [5, 5.41) is 14.2. The lowest BCUT2D eigenvalue weighted by Crippen LogP contribution is -2.39. The maximum absolute atomic E-state index is 12.4. The van der Waals surface area contributed by atoms with E-state index in [0.29, 0.717) is 17.8 Å². The van der Waals surface area contributed by atoms with Gasteiger partial charge in [-0.1, -0.05) is 0 Å². The number of pyridine rings is 1. The number of thiophene rings is 1. The smallest absolute Gasteiger partial charge is 0.475 e. The lowest BCUT2D eigenvalue weighted by molar-refractivity contribution is -0.192. The summed E-state index contributed by atoms with van der Waals surface area (Å²) in [7, 11) is 0. The summed E-state index contributed by atoms with van der Waals surface area (Å²) in [5.74, 6) is -3.01. The van der Waals surface area contributed by atoms with Gasteiger partial charge in [-0.15, -0.1) is 11.3 Å². The fourth-order valence-corrected chi connectivity index (χ4v) is 5.14. The molecule has 174 valence electrons. The quantitative estimate of drug-likeness (QED) is 0.515. The van der Waals surface area contributed by atoms with E-state index in [4.69, 9.17) is 14.6 Å². The summed E-state index contributed by atoms with van der Waals surface area (Å²) in [4.78, 5) is 38.3. The number of rotatable bonds is 3. The van der Waals surface area contributed by atoms with Crippen LogP contribution in [0.25, 0.3) is 10.1 Å². The lowest BCUT2D eigenvalue weighted by atomic mass is 9.76. The molecule has 1 unspecified atom stereocenters. The normalized spacial score (nSPS) is 19.9. The van der Waals surface area contributed by atoms with Gasteiger partial charge in [-0.25, -0.2) is 4.79 Å². The van der Waals surface area contributed by atoms with Crippen molar-refractivity contribution in [2.24, 2.45) is 5.41 Å². The Labute approximate surface area is 192 Å². The van der Waals surface area contributed by atoms with Crippen molar-refractivity contribution in [2.45, 2.75) is 31.5 Å². The molecule has 0 aliphatic carbocycles. The van der Waals surface area contributed by atoms with Crippen LogP contribution in [0, 0.1) is 5.41 Å². The molecule has 2 aromatic rings. The number of piperidine rings is 1. The number of fused-ring (bicyclic) bond motifs is 1. The standard InChI is InChI=1S/C17H18BrN3O3S.C2HF3O2/c18-12-9-20-7-10-5-13(25-14(10)12)15(22)21-8-11-6-17(16(23)24-11)1-3-19-4-2-17;3-2(4,5)1(6)7/h5,7,9,11,19H,1-4,6,8H2,(H,21,22);(H,6,7). The summed E-state index contributed by atoms with van der Waals surface area (Å²) in [6.07, 6.45) is 0.457. The van der Waals surface area contributed by atoms with E-state index in [1.165, 1.54) is 11.3 Å². The molecule has 1 atom stereocenters. The molecule has 2 saturated heterocycles. The molecule has 13 heteroatoms. The Hall–Kier alpha value is -2.25. The first-order valence-electron chi connectivity index (χ1n) is 9.55. The van der Waals surface area contributed by atoms with Crippen LogP contribution >= 0.6 is 27.3 Å². The Balaban J connectivity index is 0.000000360. The number of hydrogen-bond donors (Lipinski definition) is 3. The first kappa shape index (κ1) is 24.4. The number of nitrogens with zero attached hydrogens (tertiary/aromatic N) is 1. The molecule has 3 N–H and O–H groups in total. The monoisotopic (exact) mass is 537 g/mol. The highest BCUT2D eigenvalue weighted by molar-refractivity contribution is 9.10. The highest BCUT2D eigenvalue weighted by Crippen LogP contribution is 2.41. The summed E-state index contributed by atoms with van der Waals surface area (Å²) >= 11 is 4.87. The third kappa shape index (κ3) is 5.56. The molecular formula is C19H19BrF3N3O5S. The highest BCUT2D eigenvalue weighted by Gasteiger charge is 2.49. The van der Waals surface area contributed by atoms with Crippen molar-refractivity contribution >= 4 is 55.2 Å². The zero-order valence-electron chi connectivity index (χ0n) is 16.5. The fraction of sp³-hybridized carbons (Fsp3) is 0.474. The maximum atomic E-state index is 12.4. The van der Waals surface area contributed by atoms with Crippen molar-refractivity contribution in [1.29, 1.82) is 0 Å². The molecule has 2 aliphatic heterocycles. The van der Waals surface area contributed by atoms with E-state index < -0.39 is 12.1 Å². The number of nitrogens with one attached hydrogen (secondary N) is 2. The van der Waals surface area contributed by atoms with Gasteiger partial charge in [-0.3, -0.25) is 14.6 Å². The van der Waals surface area contributed by atoms with Gasteiger partial charge in [0.15, 0.2) is 0 Å². The zero-order chi connectivity index (χ0) is 23.5. The Morgan fingerprint density at radius 1 is 1.34 bits per heavy atom. The number of carbonyl (C=O) groups excluding carboxylic acids is 2. The van der Waals surface area contributed by atoms with Gasteiger partial charge in [0, 0.05) is 24.2 Å². The predicted molar refractivity (Wildman–Crippen MR) is 112 cm³/mol. The van der Waals surface area contributed by atoms with E-state index >= 15 is 0 Å². The molecule has 0 radical (unpaired) electrons. The van der Waals surface area contributed by atoms with Crippen LogP contribution in [-0.4, -0.2) is 59.9 Å². The molecular weight excluding hydrogens is 519 g/mol. The van der Waals surface area contributed by atoms with Gasteiger partial charge in [-0.05, 0) is 47.9 Å². The van der Waals surface area contributed by atoms with Gasteiger partial charge in [0.2, 0.25) is 0 Å². The molecule has 0 bridgehead atoms. The van der Waals surface area contributed by atoms with Crippen LogP contribution in [0.4, 0.5) is 13.2 Å². The summed E-state index contributed by atoms with van der Waals surface area (Å²) < 4.78 is 39.1. The number of carbonyl (C=O) groups is 3. The molecule has 2 aliphatic rings. The molecule has 8 nitrogen and oxygen atoms in total. The number of halogens is 4. The van der Waals surface area contributed by atoms with Crippen LogP contribution in [0.2, 0.25) is 0 Å². The van der Waals surface area contributed by atoms with E-state index in [0.717, 1.165) is 40.5 Å². The number of esters is 1. The minimum atomic E-state index is -5.08. The SMILES string of the molecule is O=C(NCC1CC2(CCNCC2)C(=O)O1)c1cc2cncc(Br)c2s1.O=C(O)C(F)(F)F. The number of aliphatic carboxylic acids is 1. The number of cyclic esters (lactones) is 1. The second-order valence-electron chi connectivity index (χ2n) is 7.43. The summed E-state index contributed by atoms with van der Waals surface area (Å²) in [5.41, 5.74) is -0.352. The zero-order valence-corrected chi connectivity index (χ0v) is 18.9. The Bertz CT molecular complexity index is 1020. The van der Waals surface area contributed by atoms with E-state index in [9.17, 15) is 22.8 Å². The molecule has 2 aromatic heterocycles. The van der Waals surface area contributed by atoms with Crippen molar-refractivity contribution in [2.75, 3.05) is 19.6 Å². The number of amides is 1. The third-order valence-corrected chi connectivity index (χ3v) is 7.27. The predicted octanol–water partition coefficient (Wildman–Crippen LogP) is 3.11. The topological polar surface area (TPSA) is 118 Å². The lowest BCUT2D eigenvalue weighted by Gasteiger charge is -2.29. The Morgan fingerprint density at radius 3 is 2.59 bits per heavy atom. The summed E-state index contributed by atoms with van der Waals surface area (Å²) in [6.45, 7) is 2.05. The van der Waals surface area contributed by atoms with Crippen molar-refractivity contribution in [1.82, 2.24) is 15.6 Å². The van der Waals surface area contributed by atoms with Gasteiger partial charge in [0.25, 0.3) is 5.91 Å². The van der Waals surface area contributed by atoms with Crippen LogP contribution in [0.15, 0.2) is 22.9 Å². The van der Waals surface area contributed by atoms with Crippen LogP contribution in [-0.2, 0) is 14.3 Å². The largest absolute Gasteiger partial charge is 0.490 e. The average Bonchev–Trinajstić information content (AvgIpc) is 3.29. The van der Waals surface area contributed by atoms with Crippen molar-refractivity contribution in [3.63, 3.8) is 0 Å². The van der Waals surface area contributed by atoms with E-state index in [2.05, 4.69) is 31.5 Å². The highest BCUT2D eigenvalue weighted by atomic mass is 79.9. The van der Waals surface area contributed by atoms with E-state index in [-0.39, 0.29) is 23.4 Å². The second-order valence-corrected chi connectivity index (χ2v) is 9.33. The van der Waals surface area contributed by atoms with E-state index in [1.807, 2.05) is 6.07 Å². The number of carboxylic acids is 1. The number of carboxylic acid groups (broad SMARTS) is 1. The van der Waals surface area contributed by atoms with Crippen molar-refractivity contribution in [3.8, 4) is 0 Å². The first-order valence-corrected chi connectivity index (χ1v) is 11.2.